The summed E-state index contributed by atoms with van der Waals surface area (Å²) in [4.78, 5) is 12.7. The van der Waals surface area contributed by atoms with Crippen molar-refractivity contribution in [2.75, 3.05) is 41.2 Å². The van der Waals surface area contributed by atoms with E-state index in [2.05, 4.69) is 6.08 Å². The van der Waals surface area contributed by atoms with Gasteiger partial charge in [-0.1, -0.05) is 42.5 Å². The number of esters is 1. The first-order chi connectivity index (χ1) is 20.0. The molecule has 8 heteroatoms. The fraction of sp³-hybridized carbons (Fsp3) is 0.303. The van der Waals surface area contributed by atoms with E-state index >= 15 is 0 Å². The molecule has 1 aliphatic carbocycles. The van der Waals surface area contributed by atoms with Crippen LogP contribution in [0.15, 0.2) is 78.4 Å². The zero-order valence-corrected chi connectivity index (χ0v) is 23.6. The summed E-state index contributed by atoms with van der Waals surface area (Å²) in [5.74, 6) is 1.29. The van der Waals surface area contributed by atoms with E-state index in [4.69, 9.17) is 28.4 Å². The highest BCUT2D eigenvalue weighted by Crippen LogP contribution is 2.51. The van der Waals surface area contributed by atoms with Crippen molar-refractivity contribution in [3.05, 3.63) is 106 Å². The predicted octanol–water partition coefficient (Wildman–Crippen LogP) is 5.23. The summed E-state index contributed by atoms with van der Waals surface area (Å²) in [5, 5.41) is 9.27. The van der Waals surface area contributed by atoms with E-state index in [-0.39, 0.29) is 18.8 Å². The number of methoxy groups -OCH3 is 3. The SMILES string of the molecule is CCOC1OC2C(=CC1(c1ccc(OC)cc1)c1ccc(OC)cc1)C=Cc1cc(OCCO)c(C(=O)OC)cc12. The minimum atomic E-state index is -0.808. The molecule has 0 amide bonds. The van der Waals surface area contributed by atoms with E-state index in [1.54, 1.807) is 26.4 Å². The Kier molecular flexibility index (Phi) is 8.44. The molecule has 2 unspecified atom stereocenters. The number of carbonyl (C=O) groups excluding carboxylic acids is 1. The third kappa shape index (κ3) is 5.22. The molecule has 5 rings (SSSR count). The summed E-state index contributed by atoms with van der Waals surface area (Å²) in [6.45, 7) is 2.22. The van der Waals surface area contributed by atoms with Crippen LogP contribution in [0.5, 0.6) is 17.2 Å². The van der Waals surface area contributed by atoms with Gasteiger partial charge in [-0.3, -0.25) is 0 Å². The van der Waals surface area contributed by atoms with Gasteiger partial charge >= 0.3 is 5.97 Å². The first-order valence-electron chi connectivity index (χ1n) is 13.5. The fourth-order valence-electron chi connectivity index (χ4n) is 5.48. The molecule has 0 radical (unpaired) electrons. The second kappa shape index (κ2) is 12.2. The number of carbonyl (C=O) groups is 1. The van der Waals surface area contributed by atoms with Crippen molar-refractivity contribution < 1.29 is 38.3 Å². The summed E-state index contributed by atoms with van der Waals surface area (Å²) in [6, 6.07) is 19.3. The van der Waals surface area contributed by atoms with Crippen molar-refractivity contribution in [3.63, 3.8) is 0 Å². The number of aliphatic hydroxyl groups is 1. The lowest BCUT2D eigenvalue weighted by Gasteiger charge is -2.46. The molecule has 0 aromatic heterocycles. The molecule has 2 atom stereocenters. The van der Waals surface area contributed by atoms with Crippen molar-refractivity contribution in [2.24, 2.45) is 0 Å². The molecule has 0 saturated carbocycles. The van der Waals surface area contributed by atoms with Gasteiger partial charge in [0.25, 0.3) is 0 Å². The van der Waals surface area contributed by atoms with Gasteiger partial charge in [-0.25, -0.2) is 4.79 Å². The van der Waals surface area contributed by atoms with Crippen LogP contribution in [0.3, 0.4) is 0 Å². The van der Waals surface area contributed by atoms with Crippen molar-refractivity contribution >= 4 is 12.0 Å². The molecule has 2 aliphatic rings. The number of benzene rings is 3. The van der Waals surface area contributed by atoms with E-state index in [9.17, 15) is 9.90 Å². The number of hydrogen-bond donors (Lipinski definition) is 1. The maximum Gasteiger partial charge on any atom is 0.341 e. The van der Waals surface area contributed by atoms with Crippen LogP contribution in [0, 0.1) is 0 Å². The summed E-state index contributed by atoms with van der Waals surface area (Å²) in [6.07, 6.45) is 4.96. The van der Waals surface area contributed by atoms with Crippen molar-refractivity contribution in [1.82, 2.24) is 0 Å². The Labute approximate surface area is 239 Å². The molecule has 3 aromatic carbocycles. The zero-order valence-electron chi connectivity index (χ0n) is 23.6. The number of hydrogen-bond acceptors (Lipinski definition) is 8. The first kappa shape index (κ1) is 28.4. The Morgan fingerprint density at radius 1 is 0.927 bits per heavy atom. The molecule has 0 spiro atoms. The standard InChI is InChI=1S/C33H34O8/c1-5-39-32-33(23-8-12-25(36-2)13-9-23,24-10-14-26(37-3)15-11-24)20-22-7-6-21-18-29(40-17-16-34)28(31(35)38-4)19-27(21)30(22)41-32/h6-15,18-20,30,32,34H,5,16-17H2,1-4H3. The molecular formula is C33H34O8. The number of aliphatic hydroxyl groups excluding tert-OH is 1. The Balaban J connectivity index is 1.70. The molecule has 0 fully saturated rings. The van der Waals surface area contributed by atoms with Crippen LogP contribution in [0.2, 0.25) is 0 Å². The lowest BCUT2D eigenvalue weighted by molar-refractivity contribution is -0.190. The van der Waals surface area contributed by atoms with Crippen LogP contribution in [0.25, 0.3) is 6.08 Å². The average molecular weight is 559 g/mol. The van der Waals surface area contributed by atoms with Crippen molar-refractivity contribution in [3.8, 4) is 17.2 Å². The van der Waals surface area contributed by atoms with Gasteiger partial charge < -0.3 is 33.5 Å². The van der Waals surface area contributed by atoms with Crippen LogP contribution in [-0.4, -0.2) is 58.5 Å². The smallest absolute Gasteiger partial charge is 0.341 e. The Morgan fingerprint density at radius 3 is 2.10 bits per heavy atom. The summed E-state index contributed by atoms with van der Waals surface area (Å²) < 4.78 is 34.8. The molecule has 214 valence electrons. The van der Waals surface area contributed by atoms with E-state index in [0.717, 1.165) is 39.3 Å². The lowest BCUT2D eigenvalue weighted by Crippen LogP contribution is -2.47. The lowest BCUT2D eigenvalue weighted by atomic mass is 9.69. The van der Waals surface area contributed by atoms with Crippen LogP contribution < -0.4 is 14.2 Å². The topological polar surface area (TPSA) is 92.7 Å². The minimum Gasteiger partial charge on any atom is -0.497 e. The molecule has 3 aromatic rings. The number of fused-ring (bicyclic) bond motifs is 3. The first-order valence-corrected chi connectivity index (χ1v) is 13.5. The quantitative estimate of drug-likeness (QED) is 0.338. The van der Waals surface area contributed by atoms with Gasteiger partial charge in [0.2, 0.25) is 0 Å². The van der Waals surface area contributed by atoms with Crippen LogP contribution in [0.1, 0.15) is 45.6 Å². The van der Waals surface area contributed by atoms with Crippen LogP contribution in [-0.2, 0) is 19.6 Å². The molecular weight excluding hydrogens is 524 g/mol. The van der Waals surface area contributed by atoms with Crippen LogP contribution in [0.4, 0.5) is 0 Å². The van der Waals surface area contributed by atoms with E-state index in [0.29, 0.717) is 12.4 Å². The molecule has 0 saturated heterocycles. The van der Waals surface area contributed by atoms with Gasteiger partial charge in [0.15, 0.2) is 6.29 Å². The Bertz CT molecular complexity index is 1390. The van der Waals surface area contributed by atoms with Crippen molar-refractivity contribution in [2.45, 2.75) is 24.7 Å². The van der Waals surface area contributed by atoms with E-state index in [1.165, 1.54) is 7.11 Å². The minimum absolute atomic E-state index is 0.0518. The summed E-state index contributed by atoms with van der Waals surface area (Å²) >= 11 is 0. The van der Waals surface area contributed by atoms with E-state index in [1.807, 2.05) is 67.6 Å². The second-order valence-corrected chi connectivity index (χ2v) is 9.65. The normalized spacial score (nSPS) is 18.5. The monoisotopic (exact) mass is 558 g/mol. The Morgan fingerprint density at radius 2 is 1.56 bits per heavy atom. The van der Waals surface area contributed by atoms with Gasteiger partial charge in [-0.15, -0.1) is 0 Å². The van der Waals surface area contributed by atoms with Gasteiger partial charge in [-0.2, -0.15) is 0 Å². The van der Waals surface area contributed by atoms with Crippen LogP contribution >= 0.6 is 0 Å². The van der Waals surface area contributed by atoms with Crippen molar-refractivity contribution in [1.29, 1.82) is 0 Å². The highest BCUT2D eigenvalue weighted by atomic mass is 16.7. The number of ether oxygens (including phenoxy) is 6. The largest absolute Gasteiger partial charge is 0.497 e. The summed E-state index contributed by atoms with van der Waals surface area (Å²) in [5.41, 5.74) is 3.93. The maximum atomic E-state index is 12.7. The molecule has 1 aliphatic heterocycles. The van der Waals surface area contributed by atoms with Gasteiger partial charge in [0, 0.05) is 6.61 Å². The van der Waals surface area contributed by atoms with Gasteiger partial charge in [-0.05, 0) is 71.1 Å². The summed E-state index contributed by atoms with van der Waals surface area (Å²) in [7, 11) is 4.60. The van der Waals surface area contributed by atoms with Gasteiger partial charge in [0.1, 0.15) is 35.5 Å². The predicted molar refractivity (Wildman–Crippen MR) is 153 cm³/mol. The maximum absolute atomic E-state index is 12.7. The fourth-order valence-corrected chi connectivity index (χ4v) is 5.48. The Hall–Kier alpha value is -4.11. The molecule has 1 N–H and O–H groups in total. The van der Waals surface area contributed by atoms with Gasteiger partial charge in [0.05, 0.1) is 33.4 Å². The molecule has 41 heavy (non-hydrogen) atoms. The highest BCUT2D eigenvalue weighted by molar-refractivity contribution is 5.93. The number of rotatable bonds is 10. The zero-order chi connectivity index (χ0) is 29.0. The molecule has 0 bridgehead atoms. The molecule has 1 heterocycles. The molecule has 8 nitrogen and oxygen atoms in total. The third-order valence-electron chi connectivity index (χ3n) is 7.46. The van der Waals surface area contributed by atoms with E-state index < -0.39 is 23.8 Å². The average Bonchev–Trinajstić information content (AvgIpc) is 3.02. The third-order valence-corrected chi connectivity index (χ3v) is 7.46. The highest BCUT2D eigenvalue weighted by Gasteiger charge is 2.48. The second-order valence-electron chi connectivity index (χ2n) is 9.65.